The largest absolute Gasteiger partial charge is 0.454 e. The van der Waals surface area contributed by atoms with E-state index in [0.29, 0.717) is 17.1 Å². The number of benzene rings is 5. The summed E-state index contributed by atoms with van der Waals surface area (Å²) in [7, 11) is 2.15. The first kappa shape index (κ1) is 25.9. The minimum atomic E-state index is -0.286. The van der Waals surface area contributed by atoms with Crippen molar-refractivity contribution in [2.45, 2.75) is 38.5 Å². The smallest absolute Gasteiger partial charge is 0.216 e. The number of pyridine rings is 1. The summed E-state index contributed by atoms with van der Waals surface area (Å²) in [5.74, 6) is 0.356. The first-order valence-electron chi connectivity index (χ1n) is 15.3. The molecule has 2 heterocycles. The quantitative estimate of drug-likeness (QED) is 0.195. The SMILES string of the molecule is Cc1ccc2c(oc3c(-c4cccc(-c5ccccc5)c4)c(F)ccc32)c1-c1ccc2c(C3CCCC3)cccc2[n+]1C. The lowest BCUT2D eigenvalue weighted by atomic mass is 9.92. The highest BCUT2D eigenvalue weighted by Crippen LogP contribution is 2.43. The van der Waals surface area contributed by atoms with E-state index in [1.807, 2.05) is 36.4 Å². The van der Waals surface area contributed by atoms with Crippen LogP contribution in [0.1, 0.15) is 42.7 Å². The van der Waals surface area contributed by atoms with Gasteiger partial charge in [0.15, 0.2) is 0 Å². The number of hydrogen-bond acceptors (Lipinski definition) is 1. The van der Waals surface area contributed by atoms with Crippen LogP contribution in [0, 0.1) is 12.7 Å². The van der Waals surface area contributed by atoms with Crippen LogP contribution >= 0.6 is 0 Å². The van der Waals surface area contributed by atoms with E-state index < -0.39 is 0 Å². The predicted octanol–water partition coefficient (Wildman–Crippen LogP) is 10.7. The van der Waals surface area contributed by atoms with Crippen LogP contribution in [-0.4, -0.2) is 0 Å². The lowest BCUT2D eigenvalue weighted by Crippen LogP contribution is -2.32. The van der Waals surface area contributed by atoms with Gasteiger partial charge >= 0.3 is 0 Å². The van der Waals surface area contributed by atoms with Gasteiger partial charge in [-0.15, -0.1) is 0 Å². The molecule has 0 saturated heterocycles. The Kier molecular flexibility index (Phi) is 6.15. The van der Waals surface area contributed by atoms with E-state index in [9.17, 15) is 0 Å². The fraction of sp³-hybridized carbons (Fsp3) is 0.175. The van der Waals surface area contributed by atoms with E-state index in [0.717, 1.165) is 49.9 Å². The topological polar surface area (TPSA) is 17.0 Å². The van der Waals surface area contributed by atoms with Gasteiger partial charge in [-0.25, -0.2) is 4.39 Å². The molecule has 43 heavy (non-hydrogen) atoms. The molecule has 0 aliphatic heterocycles. The molecule has 0 bridgehead atoms. The van der Waals surface area contributed by atoms with Crippen molar-refractivity contribution >= 4 is 32.8 Å². The Hall–Kier alpha value is -4.76. The summed E-state index contributed by atoms with van der Waals surface area (Å²) in [6.45, 7) is 2.13. The van der Waals surface area contributed by atoms with E-state index in [4.69, 9.17) is 4.42 Å². The number of halogens is 1. The van der Waals surface area contributed by atoms with Crippen LogP contribution in [0.3, 0.4) is 0 Å². The van der Waals surface area contributed by atoms with Crippen LogP contribution in [0.15, 0.2) is 114 Å². The van der Waals surface area contributed by atoms with Crippen molar-refractivity contribution in [2.24, 2.45) is 7.05 Å². The number of fused-ring (bicyclic) bond motifs is 4. The third kappa shape index (κ3) is 4.18. The van der Waals surface area contributed by atoms with Gasteiger partial charge in [-0.05, 0) is 77.8 Å². The van der Waals surface area contributed by atoms with Gasteiger partial charge in [-0.1, -0.05) is 85.6 Å². The van der Waals surface area contributed by atoms with Crippen molar-refractivity contribution in [3.05, 3.63) is 126 Å². The molecule has 0 radical (unpaired) electrons. The van der Waals surface area contributed by atoms with Crippen LogP contribution in [-0.2, 0) is 7.05 Å². The zero-order valence-corrected chi connectivity index (χ0v) is 24.5. The molecule has 1 fully saturated rings. The van der Waals surface area contributed by atoms with E-state index >= 15 is 4.39 Å². The van der Waals surface area contributed by atoms with Crippen molar-refractivity contribution in [1.29, 1.82) is 0 Å². The van der Waals surface area contributed by atoms with Gasteiger partial charge in [0.05, 0.1) is 11.1 Å². The number of aryl methyl sites for hydroxylation is 2. The Balaban J connectivity index is 1.34. The van der Waals surface area contributed by atoms with E-state index in [2.05, 4.69) is 85.3 Å². The zero-order valence-electron chi connectivity index (χ0n) is 24.5. The molecule has 1 aliphatic carbocycles. The molecule has 5 aromatic carbocycles. The molecular weight excluding hydrogens is 529 g/mol. The van der Waals surface area contributed by atoms with Gasteiger partial charge in [0, 0.05) is 28.3 Å². The number of aromatic nitrogens is 1. The van der Waals surface area contributed by atoms with Crippen molar-refractivity contribution in [3.63, 3.8) is 0 Å². The Morgan fingerprint density at radius 2 is 1.33 bits per heavy atom. The highest BCUT2D eigenvalue weighted by Gasteiger charge is 2.26. The summed E-state index contributed by atoms with van der Waals surface area (Å²) >= 11 is 0. The van der Waals surface area contributed by atoms with Gasteiger partial charge in [-0.2, -0.15) is 4.57 Å². The fourth-order valence-electron chi connectivity index (χ4n) is 7.34. The first-order chi connectivity index (χ1) is 21.1. The van der Waals surface area contributed by atoms with Gasteiger partial charge < -0.3 is 4.42 Å². The highest BCUT2D eigenvalue weighted by atomic mass is 19.1. The molecule has 7 aromatic rings. The van der Waals surface area contributed by atoms with Crippen molar-refractivity contribution in [3.8, 4) is 33.5 Å². The van der Waals surface area contributed by atoms with Crippen LogP contribution < -0.4 is 4.57 Å². The van der Waals surface area contributed by atoms with Gasteiger partial charge in [0.2, 0.25) is 11.2 Å². The van der Waals surface area contributed by atoms with E-state index in [-0.39, 0.29) is 5.82 Å². The monoisotopic (exact) mass is 562 g/mol. The zero-order chi connectivity index (χ0) is 29.1. The second-order valence-electron chi connectivity index (χ2n) is 12.0. The van der Waals surface area contributed by atoms with E-state index in [1.165, 1.54) is 42.1 Å². The van der Waals surface area contributed by atoms with Crippen molar-refractivity contribution < 1.29 is 13.4 Å². The normalized spacial score (nSPS) is 13.9. The molecule has 0 unspecified atom stereocenters. The molecule has 2 aromatic heterocycles. The molecule has 0 amide bonds. The summed E-state index contributed by atoms with van der Waals surface area (Å²) in [4.78, 5) is 0. The molecule has 3 heteroatoms. The molecule has 1 aliphatic rings. The molecule has 0 N–H and O–H groups in total. The van der Waals surface area contributed by atoms with E-state index in [1.54, 1.807) is 6.07 Å². The van der Waals surface area contributed by atoms with Crippen LogP contribution in [0.4, 0.5) is 4.39 Å². The number of hydrogen-bond donors (Lipinski definition) is 0. The summed E-state index contributed by atoms with van der Waals surface area (Å²) in [6.07, 6.45) is 5.18. The average molecular weight is 563 g/mol. The fourth-order valence-corrected chi connectivity index (χ4v) is 7.34. The summed E-state index contributed by atoms with van der Waals surface area (Å²) in [5.41, 5.74) is 10.8. The third-order valence-electron chi connectivity index (χ3n) is 9.52. The maximum Gasteiger partial charge on any atom is 0.216 e. The average Bonchev–Trinajstić information content (AvgIpc) is 3.71. The lowest BCUT2D eigenvalue weighted by molar-refractivity contribution is -0.633. The maximum absolute atomic E-state index is 15.7. The maximum atomic E-state index is 15.7. The Bertz CT molecular complexity index is 2170. The van der Waals surface area contributed by atoms with Crippen LogP contribution in [0.2, 0.25) is 0 Å². The predicted molar refractivity (Wildman–Crippen MR) is 175 cm³/mol. The molecule has 8 rings (SSSR count). The number of nitrogens with zero attached hydrogens (tertiary/aromatic N) is 1. The third-order valence-corrected chi connectivity index (χ3v) is 9.52. The molecule has 0 spiro atoms. The summed E-state index contributed by atoms with van der Waals surface area (Å²) in [6, 6.07) is 37.2. The molecular formula is C40H33FNO+. The van der Waals surface area contributed by atoms with Crippen molar-refractivity contribution in [2.75, 3.05) is 0 Å². The molecule has 0 atom stereocenters. The van der Waals surface area contributed by atoms with Crippen LogP contribution in [0.5, 0.6) is 0 Å². The Labute approximate surface area is 251 Å². The summed E-state index contributed by atoms with van der Waals surface area (Å²) < 4.78 is 24.8. The van der Waals surface area contributed by atoms with Gasteiger partial charge in [0.1, 0.15) is 24.0 Å². The second kappa shape index (κ2) is 10.2. The van der Waals surface area contributed by atoms with Crippen molar-refractivity contribution in [1.82, 2.24) is 0 Å². The Morgan fingerprint density at radius 3 is 2.14 bits per heavy atom. The number of furan rings is 1. The standard InChI is InChI=1S/C40H33FNO/c1-25-18-19-32-33-20-22-34(41)38(29-15-8-14-28(24-29)26-10-4-3-5-11-26)40(33)43-39(32)37(25)36-23-21-31-30(27-12-6-7-13-27)16-9-17-35(31)42(36)2/h3-5,8-11,14-24,27H,6-7,12-13H2,1-2H3/q+1. The first-order valence-corrected chi connectivity index (χ1v) is 15.3. The van der Waals surface area contributed by atoms with Gasteiger partial charge in [-0.3, -0.25) is 0 Å². The molecule has 210 valence electrons. The minimum Gasteiger partial charge on any atom is -0.454 e. The second-order valence-corrected chi connectivity index (χ2v) is 12.0. The van der Waals surface area contributed by atoms with Gasteiger partial charge in [0.25, 0.3) is 0 Å². The highest BCUT2D eigenvalue weighted by molar-refractivity contribution is 6.13. The summed E-state index contributed by atoms with van der Waals surface area (Å²) in [5, 5.41) is 3.25. The molecule has 2 nitrogen and oxygen atoms in total. The van der Waals surface area contributed by atoms with Crippen LogP contribution in [0.25, 0.3) is 66.4 Å². The number of rotatable bonds is 4. The lowest BCUT2D eigenvalue weighted by Gasteiger charge is -2.13. The minimum absolute atomic E-state index is 0.286. The molecule has 1 saturated carbocycles. The Morgan fingerprint density at radius 1 is 0.651 bits per heavy atom.